The first kappa shape index (κ1) is 33.3. The lowest BCUT2D eigenvalue weighted by Gasteiger charge is -2.38. The minimum Gasteiger partial charge on any atom is -0.300 e. The average Bonchev–Trinajstić information content (AvgIpc) is 2.78. The first-order valence-corrected chi connectivity index (χ1v) is 18.3. The van der Waals surface area contributed by atoms with Crippen molar-refractivity contribution in [1.82, 2.24) is 9.29 Å². The Morgan fingerprint density at radius 3 is 1.82 bits per heavy atom. The van der Waals surface area contributed by atoms with Crippen LogP contribution in [0.3, 0.4) is 0 Å². The molecular weight excluding hydrogens is 526 g/mol. The molecule has 1 atom stereocenters. The number of carbonyl (C=O) groups is 1. The maximum Gasteiger partial charge on any atom is 0.259 e. The van der Waals surface area contributed by atoms with Crippen molar-refractivity contribution in [1.29, 1.82) is 0 Å². The molecule has 0 fully saturated rings. The zero-order valence-corrected chi connectivity index (χ0v) is 28.1. The van der Waals surface area contributed by atoms with Gasteiger partial charge in [-0.15, -0.1) is 4.36 Å². The van der Waals surface area contributed by atoms with Crippen molar-refractivity contribution in [2.75, 3.05) is 14.1 Å². The van der Waals surface area contributed by atoms with Crippen LogP contribution in [0.1, 0.15) is 96.4 Å². The van der Waals surface area contributed by atoms with Gasteiger partial charge in [0.05, 0.1) is 11.3 Å². The average molecular weight is 576 g/mol. The third kappa shape index (κ3) is 7.66. The molecule has 1 amide bonds. The van der Waals surface area contributed by atoms with Gasteiger partial charge in [-0.2, -0.15) is 0 Å². The number of hydrogen-bond acceptors (Lipinski definition) is 3. The second-order valence-electron chi connectivity index (χ2n) is 13.5. The molecule has 0 aromatic heterocycles. The number of amides is 1. The van der Waals surface area contributed by atoms with Crippen LogP contribution in [-0.2, 0) is 26.7 Å². The summed E-state index contributed by atoms with van der Waals surface area (Å²) >= 11 is 0. The molecule has 2 rings (SSSR count). The molecule has 5 nitrogen and oxygen atoms in total. The Labute approximate surface area is 238 Å². The molecule has 0 aliphatic carbocycles. The predicted molar refractivity (Wildman–Crippen MR) is 166 cm³/mol. The summed E-state index contributed by atoms with van der Waals surface area (Å²) in [6, 6.07) is 10.6. The molecule has 0 aliphatic rings. The van der Waals surface area contributed by atoms with E-state index >= 15 is 0 Å². The van der Waals surface area contributed by atoms with Crippen LogP contribution < -0.4 is 4.39 Å². The number of benzene rings is 2. The Morgan fingerprint density at radius 2 is 1.44 bits per heavy atom. The quantitative estimate of drug-likeness (QED) is 0.308. The summed E-state index contributed by atoms with van der Waals surface area (Å²) in [5.74, 6) is -0.717. The van der Waals surface area contributed by atoms with Gasteiger partial charge in [0.25, 0.3) is 5.91 Å². The number of halogens is 1. The molecule has 2 aromatic rings. The van der Waals surface area contributed by atoms with E-state index in [0.717, 1.165) is 22.3 Å². The number of hydrogen-bond donors (Lipinski definition) is 1. The maximum absolute atomic E-state index is 14.7. The van der Waals surface area contributed by atoms with Gasteiger partial charge in [-0.05, 0) is 91.3 Å². The molecule has 0 saturated heterocycles. The molecule has 1 N–H and O–H groups in total. The lowest BCUT2D eigenvalue weighted by molar-refractivity contribution is -0.117. The fraction of sp³-hybridized carbons (Fsp3) is 0.581. The van der Waals surface area contributed by atoms with E-state index in [4.69, 9.17) is 0 Å². The van der Waals surface area contributed by atoms with E-state index in [1.54, 1.807) is 0 Å². The summed E-state index contributed by atoms with van der Waals surface area (Å²) in [5.41, 5.74) is 3.23. The molecular formula is C31H50FN3O2SSi. The van der Waals surface area contributed by atoms with Gasteiger partial charge < -0.3 is 4.90 Å². The van der Waals surface area contributed by atoms with Crippen LogP contribution in [0.5, 0.6) is 0 Å². The summed E-state index contributed by atoms with van der Waals surface area (Å²) in [5, 5.41) is -0.131. The summed E-state index contributed by atoms with van der Waals surface area (Å²) in [4.78, 5) is 16.2. The Hall–Kier alpha value is -1.87. The molecule has 0 saturated carbocycles. The third-order valence-electron chi connectivity index (χ3n) is 8.35. The molecule has 0 heterocycles. The minimum atomic E-state index is -3.29. The van der Waals surface area contributed by atoms with Crippen LogP contribution in [-0.4, -0.2) is 37.3 Å². The van der Waals surface area contributed by atoms with Gasteiger partial charge in [-0.25, -0.2) is 13.0 Å². The summed E-state index contributed by atoms with van der Waals surface area (Å²) < 4.78 is 37.0. The molecule has 0 bridgehead atoms. The predicted octanol–water partition coefficient (Wildman–Crippen LogP) is 7.98. The largest absolute Gasteiger partial charge is 0.300 e. The van der Waals surface area contributed by atoms with Crippen molar-refractivity contribution < 1.29 is 13.4 Å². The molecule has 0 radical (unpaired) electrons. The van der Waals surface area contributed by atoms with E-state index in [-0.39, 0.29) is 34.7 Å². The van der Waals surface area contributed by atoms with Gasteiger partial charge >= 0.3 is 0 Å². The summed E-state index contributed by atoms with van der Waals surface area (Å²) in [6.45, 7) is 22.8. The van der Waals surface area contributed by atoms with Crippen LogP contribution in [0.25, 0.3) is 0 Å². The highest BCUT2D eigenvalue weighted by molar-refractivity contribution is 7.93. The zero-order chi connectivity index (χ0) is 30.1. The molecule has 39 heavy (non-hydrogen) atoms. The van der Waals surface area contributed by atoms with E-state index in [9.17, 15) is 13.4 Å². The zero-order valence-electron chi connectivity index (χ0n) is 26.3. The van der Waals surface area contributed by atoms with Crippen molar-refractivity contribution in [2.24, 2.45) is 4.36 Å². The van der Waals surface area contributed by atoms with Crippen LogP contribution in [0.4, 0.5) is 4.39 Å². The highest BCUT2D eigenvalue weighted by Gasteiger charge is 2.39. The molecule has 218 valence electrons. The SMILES string of the molecule is CC(C)c1cc(F)cc(C(C)C)c1CC(=O)N=S(=O)(N[Si](C)(C)C(C)(C)C)c1ccc(C(C)(C)N(C)C)cc1. The monoisotopic (exact) mass is 575 g/mol. The van der Waals surface area contributed by atoms with E-state index in [0.29, 0.717) is 4.90 Å². The second-order valence-corrected chi connectivity index (χ2v) is 20.8. The van der Waals surface area contributed by atoms with E-state index in [1.807, 2.05) is 66.1 Å². The van der Waals surface area contributed by atoms with Crippen LogP contribution in [0.15, 0.2) is 45.7 Å². The molecule has 8 heteroatoms. The molecule has 1 unspecified atom stereocenters. The highest BCUT2D eigenvalue weighted by Crippen LogP contribution is 2.36. The number of rotatable bonds is 9. The Kier molecular flexibility index (Phi) is 10.2. The van der Waals surface area contributed by atoms with Crippen molar-refractivity contribution >= 4 is 24.1 Å². The maximum atomic E-state index is 14.7. The van der Waals surface area contributed by atoms with Crippen LogP contribution in [0.2, 0.25) is 18.1 Å². The van der Waals surface area contributed by atoms with E-state index in [1.165, 1.54) is 12.1 Å². The molecule has 2 aromatic carbocycles. The fourth-order valence-corrected chi connectivity index (χ4v) is 9.79. The Bertz CT molecular complexity index is 1270. The van der Waals surface area contributed by atoms with Gasteiger partial charge in [-0.3, -0.25) is 4.79 Å². The lowest BCUT2D eigenvalue weighted by atomic mass is 9.87. The topological polar surface area (TPSA) is 61.8 Å². The molecule has 0 aliphatic heterocycles. The number of carbonyl (C=O) groups excluding carboxylic acids is 1. The van der Waals surface area contributed by atoms with Gasteiger partial charge in [0.1, 0.15) is 24.0 Å². The molecule has 0 spiro atoms. The lowest BCUT2D eigenvalue weighted by Crippen LogP contribution is -2.54. The standard InChI is InChI=1S/C31H50FN3O2SSi/c1-21(2)26-18-24(32)19-27(22(3)4)28(26)20-29(36)33-38(37,34-39(12,13)30(5,6)7)25-16-14-23(15-17-25)31(8,9)35(10)11/h14-19,21-22H,20H2,1-13H3,(H,33,34,36,37). The van der Waals surface area contributed by atoms with E-state index < -0.39 is 24.1 Å². The van der Waals surface area contributed by atoms with Gasteiger partial charge in [0.15, 0.2) is 0 Å². The highest BCUT2D eigenvalue weighted by atomic mass is 32.2. The first-order valence-electron chi connectivity index (χ1n) is 13.8. The second kappa shape index (κ2) is 11.9. The Morgan fingerprint density at radius 1 is 0.974 bits per heavy atom. The smallest absolute Gasteiger partial charge is 0.259 e. The normalized spacial score (nSPS) is 14.7. The number of nitrogens with one attached hydrogen (secondary N) is 1. The summed E-state index contributed by atoms with van der Waals surface area (Å²) in [7, 11) is -1.58. The summed E-state index contributed by atoms with van der Waals surface area (Å²) in [6.07, 6.45) is -0.0246. The van der Waals surface area contributed by atoms with Gasteiger partial charge in [-0.1, -0.05) is 73.7 Å². The van der Waals surface area contributed by atoms with Crippen LogP contribution in [0, 0.1) is 5.82 Å². The fourth-order valence-electron chi connectivity index (χ4n) is 4.18. The third-order valence-corrected chi connectivity index (χ3v) is 16.6. The first-order chi connectivity index (χ1) is 17.6. The minimum absolute atomic E-state index is 0.0246. The van der Waals surface area contributed by atoms with Crippen molar-refractivity contribution in [3.63, 3.8) is 0 Å². The van der Waals surface area contributed by atoms with Gasteiger partial charge in [0, 0.05) is 5.54 Å². The van der Waals surface area contributed by atoms with Crippen molar-refractivity contribution in [3.05, 3.63) is 64.5 Å². The van der Waals surface area contributed by atoms with Gasteiger partial charge in [0.2, 0.25) is 0 Å². The van der Waals surface area contributed by atoms with E-state index in [2.05, 4.69) is 61.4 Å². The van der Waals surface area contributed by atoms with Crippen molar-refractivity contribution in [2.45, 2.75) is 109 Å². The Balaban J connectivity index is 2.70. The van der Waals surface area contributed by atoms with Crippen LogP contribution >= 0.6 is 0 Å². The number of nitrogens with zero attached hydrogens (tertiary/aromatic N) is 2. The van der Waals surface area contributed by atoms with Crippen molar-refractivity contribution in [3.8, 4) is 0 Å².